The van der Waals surface area contributed by atoms with Crippen molar-refractivity contribution in [3.63, 3.8) is 0 Å². The van der Waals surface area contributed by atoms with Gasteiger partial charge in [-0.05, 0) is 53.6 Å². The van der Waals surface area contributed by atoms with E-state index in [1.54, 1.807) is 55.5 Å². The van der Waals surface area contributed by atoms with Gasteiger partial charge in [-0.2, -0.15) is 0 Å². The number of hydrogen-bond acceptors (Lipinski definition) is 10. The number of benzene rings is 2. The number of nitrogens with zero attached hydrogens (tertiary/aromatic N) is 3. The predicted molar refractivity (Wildman–Crippen MR) is 188 cm³/mol. The number of carbonyl (C=O) groups is 4. The Labute approximate surface area is 302 Å². The topological polar surface area (TPSA) is 209 Å². The minimum absolute atomic E-state index is 0.0102. The fraction of sp³-hybridized carbons (Fsp3) is 0.500. The molecule has 0 fully saturated rings. The summed E-state index contributed by atoms with van der Waals surface area (Å²) in [5, 5.41) is 31.3. The molecule has 0 saturated heterocycles. The van der Waals surface area contributed by atoms with Gasteiger partial charge in [-0.1, -0.05) is 80.0 Å². The molecule has 1 aliphatic heterocycles. The number of hydrogen-bond donors (Lipinski definition) is 4. The van der Waals surface area contributed by atoms with Gasteiger partial charge in [-0.3, -0.25) is 14.4 Å². The number of aliphatic hydroxyl groups is 2. The molecule has 7 atom stereocenters. The van der Waals surface area contributed by atoms with Crippen LogP contribution in [0.15, 0.2) is 65.8 Å². The van der Waals surface area contributed by atoms with Crippen LogP contribution >= 0.6 is 11.6 Å². The molecular formula is C36H46ClN5O9. The Bertz CT molecular complexity index is 1570. The molecule has 1 aliphatic rings. The number of esters is 2. The Kier molecular flexibility index (Phi) is 16.2. The van der Waals surface area contributed by atoms with Crippen molar-refractivity contribution < 1.29 is 43.6 Å². The van der Waals surface area contributed by atoms with Gasteiger partial charge in [0.25, 0.3) is 0 Å². The fourth-order valence-electron chi connectivity index (χ4n) is 5.53. The molecule has 2 amide bonds. The lowest BCUT2D eigenvalue weighted by Crippen LogP contribution is -2.49. The Hall–Kier alpha value is -4.62. The first-order chi connectivity index (χ1) is 24.3. The molecule has 0 saturated carbocycles. The van der Waals surface area contributed by atoms with Crippen LogP contribution in [0.5, 0.6) is 5.75 Å². The third-order valence-corrected chi connectivity index (χ3v) is 8.78. The van der Waals surface area contributed by atoms with E-state index in [1.165, 1.54) is 19.3 Å². The highest BCUT2D eigenvalue weighted by molar-refractivity contribution is 6.32. The van der Waals surface area contributed by atoms with Gasteiger partial charge < -0.3 is 35.1 Å². The number of nitrogens with one attached hydrogen (secondary N) is 2. The number of amides is 2. The van der Waals surface area contributed by atoms with Crippen LogP contribution in [0.4, 0.5) is 0 Å². The average Bonchev–Trinajstić information content (AvgIpc) is 3.10. The summed E-state index contributed by atoms with van der Waals surface area (Å²) in [6, 6.07) is 12.3. The molecule has 3 rings (SSSR count). The molecule has 1 heterocycles. The second kappa shape index (κ2) is 20.3. The van der Waals surface area contributed by atoms with Crippen molar-refractivity contribution in [3.05, 3.63) is 87.3 Å². The Balaban J connectivity index is 1.99. The molecule has 0 spiro atoms. The lowest BCUT2D eigenvalue weighted by Gasteiger charge is -2.31. The average molecular weight is 728 g/mol. The number of cyclic esters (lactones) is 2. The quantitative estimate of drug-likeness (QED) is 0.106. The van der Waals surface area contributed by atoms with Crippen LogP contribution < -0.4 is 15.4 Å². The molecule has 4 N–H and O–H groups in total. The highest BCUT2D eigenvalue weighted by Crippen LogP contribution is 2.28. The van der Waals surface area contributed by atoms with E-state index in [0.29, 0.717) is 21.9 Å². The normalized spacial score (nSPS) is 23.1. The van der Waals surface area contributed by atoms with E-state index in [1.807, 2.05) is 13.8 Å². The molecule has 2 aromatic rings. The van der Waals surface area contributed by atoms with Crippen molar-refractivity contribution >= 4 is 35.4 Å². The summed E-state index contributed by atoms with van der Waals surface area (Å²) in [7, 11) is 1.47. The predicted octanol–water partition coefficient (Wildman–Crippen LogP) is 4.37. The van der Waals surface area contributed by atoms with E-state index in [-0.39, 0.29) is 44.7 Å². The van der Waals surface area contributed by atoms with E-state index in [9.17, 15) is 29.4 Å². The van der Waals surface area contributed by atoms with E-state index in [2.05, 4.69) is 20.7 Å². The summed E-state index contributed by atoms with van der Waals surface area (Å²) < 4.78 is 16.8. The molecule has 0 aromatic heterocycles. The molecule has 0 bridgehead atoms. The first-order valence-corrected chi connectivity index (χ1v) is 17.1. The first-order valence-electron chi connectivity index (χ1n) is 16.7. The lowest BCUT2D eigenvalue weighted by atomic mass is 9.89. The number of halogens is 1. The second-order valence-electron chi connectivity index (χ2n) is 12.8. The fourth-order valence-corrected chi connectivity index (χ4v) is 5.81. The van der Waals surface area contributed by atoms with Crippen molar-refractivity contribution in [2.24, 2.45) is 22.9 Å². The molecule has 0 aliphatic carbocycles. The summed E-state index contributed by atoms with van der Waals surface area (Å²) >= 11 is 6.31. The van der Waals surface area contributed by atoms with E-state index in [0.717, 1.165) is 0 Å². The van der Waals surface area contributed by atoms with Gasteiger partial charge in [0.2, 0.25) is 11.8 Å². The number of methoxy groups -OCH3 is 1. The van der Waals surface area contributed by atoms with Crippen molar-refractivity contribution in [2.75, 3.05) is 20.2 Å². The zero-order valence-corrected chi connectivity index (χ0v) is 29.9. The van der Waals surface area contributed by atoms with Gasteiger partial charge in [-0.25, -0.2) is 4.79 Å². The Morgan fingerprint density at radius 3 is 2.43 bits per heavy atom. The van der Waals surface area contributed by atoms with Crippen LogP contribution in [0, 0.1) is 17.8 Å². The molecule has 2 aromatic carbocycles. The van der Waals surface area contributed by atoms with Crippen molar-refractivity contribution in [3.8, 4) is 5.75 Å². The zero-order chi connectivity index (χ0) is 37.5. The SMILES string of the molecule is COc1ccc(C[C@H]2NC(=O)/C=C/C[C@@H]([C@H](C)[C@@H](O)[C@H](O)c3ccccc3)OC(=O)[C@H](CC(C)C)OC(=O)[C@@H](CCN=[N+]=[N-])CNC2=O)cc1Cl. The minimum atomic E-state index is -1.39. The van der Waals surface area contributed by atoms with Crippen LogP contribution in [-0.4, -0.2) is 78.5 Å². The van der Waals surface area contributed by atoms with Crippen molar-refractivity contribution in [1.82, 2.24) is 10.6 Å². The summed E-state index contributed by atoms with van der Waals surface area (Å²) in [5.74, 6) is -4.53. The minimum Gasteiger partial charge on any atom is -0.495 e. The number of azide groups is 1. The van der Waals surface area contributed by atoms with Gasteiger partial charge in [0.1, 0.15) is 24.0 Å². The van der Waals surface area contributed by atoms with Gasteiger partial charge in [0, 0.05) is 36.8 Å². The maximum absolute atomic E-state index is 13.6. The maximum atomic E-state index is 13.6. The molecule has 0 unspecified atom stereocenters. The molecule has 51 heavy (non-hydrogen) atoms. The maximum Gasteiger partial charge on any atom is 0.347 e. The largest absolute Gasteiger partial charge is 0.495 e. The summed E-state index contributed by atoms with van der Waals surface area (Å²) in [6.07, 6.45) is -2.46. The number of rotatable bonds is 12. The Morgan fingerprint density at radius 1 is 1.06 bits per heavy atom. The number of carbonyl (C=O) groups excluding carboxylic acids is 4. The highest BCUT2D eigenvalue weighted by Gasteiger charge is 2.36. The van der Waals surface area contributed by atoms with E-state index in [4.69, 9.17) is 31.3 Å². The number of ether oxygens (including phenoxy) is 3. The van der Waals surface area contributed by atoms with E-state index < -0.39 is 66.0 Å². The van der Waals surface area contributed by atoms with Crippen LogP contribution in [0.3, 0.4) is 0 Å². The molecular weight excluding hydrogens is 682 g/mol. The number of aliphatic hydroxyl groups excluding tert-OH is 2. The third kappa shape index (κ3) is 12.6. The summed E-state index contributed by atoms with van der Waals surface area (Å²) in [5.41, 5.74) is 9.88. The highest BCUT2D eigenvalue weighted by atomic mass is 35.5. The van der Waals surface area contributed by atoms with Gasteiger partial charge in [-0.15, -0.1) is 0 Å². The van der Waals surface area contributed by atoms with Gasteiger partial charge >= 0.3 is 11.9 Å². The lowest BCUT2D eigenvalue weighted by molar-refractivity contribution is -0.178. The van der Waals surface area contributed by atoms with Gasteiger partial charge in [0.05, 0.1) is 24.2 Å². The van der Waals surface area contributed by atoms with Crippen LogP contribution in [0.1, 0.15) is 57.3 Å². The van der Waals surface area contributed by atoms with Crippen molar-refractivity contribution in [2.45, 2.75) is 76.9 Å². The van der Waals surface area contributed by atoms with Crippen molar-refractivity contribution in [1.29, 1.82) is 0 Å². The monoisotopic (exact) mass is 727 g/mol. The smallest absolute Gasteiger partial charge is 0.347 e. The molecule has 0 radical (unpaired) electrons. The molecule has 15 heteroatoms. The standard InChI is InChI=1S/C36H46ClN5O9/c1-21(2)17-30-36(48)50-28(22(3)32(44)33(45)24-9-6-5-7-10-24)11-8-12-31(43)41-27(19-23-13-14-29(49-4)26(37)18-23)34(46)39-20-25(35(47)51-30)15-16-40-42-38/h5-10,12-14,18,21-22,25,27-28,30,32-33,44-45H,11,15-17,19-20H2,1-4H3,(H,39,46)(H,41,43)/b12-8+/t22-,25-,27+,28-,30-,32+,33+/m0/s1. The summed E-state index contributed by atoms with van der Waals surface area (Å²) in [6.45, 7) is 4.91. The summed E-state index contributed by atoms with van der Waals surface area (Å²) in [4.78, 5) is 56.6. The third-order valence-electron chi connectivity index (χ3n) is 8.49. The van der Waals surface area contributed by atoms with Gasteiger partial charge in [0.15, 0.2) is 6.10 Å². The Morgan fingerprint density at radius 2 is 1.78 bits per heavy atom. The zero-order valence-electron chi connectivity index (χ0n) is 29.1. The first kappa shape index (κ1) is 40.8. The second-order valence-corrected chi connectivity index (χ2v) is 13.2. The van der Waals surface area contributed by atoms with E-state index >= 15 is 0 Å². The van der Waals surface area contributed by atoms with Crippen LogP contribution in [0.2, 0.25) is 5.02 Å². The molecule has 14 nitrogen and oxygen atoms in total. The van der Waals surface area contributed by atoms with Crippen LogP contribution in [0.25, 0.3) is 10.4 Å². The van der Waals surface area contributed by atoms with Crippen LogP contribution in [-0.2, 0) is 35.1 Å². The molecule has 276 valence electrons.